The molecule has 1 heteroatoms. The average molecular weight is 123 g/mol. The standard InChI is InChI=1S/C8H13N/c1-6-4-7(2)9-8(3)5-6/h4,6H,5H2,1-3H3. The molecular formula is C8H13N. The Morgan fingerprint density at radius 3 is 2.67 bits per heavy atom. The summed E-state index contributed by atoms with van der Waals surface area (Å²) in [5.41, 5.74) is 2.44. The molecule has 0 bridgehead atoms. The molecule has 1 aliphatic rings. The van der Waals surface area contributed by atoms with Crippen molar-refractivity contribution >= 4 is 5.71 Å². The molecule has 0 aromatic rings. The van der Waals surface area contributed by atoms with Gasteiger partial charge in [0.1, 0.15) is 0 Å². The van der Waals surface area contributed by atoms with Crippen LogP contribution in [0.1, 0.15) is 27.2 Å². The molecule has 1 aliphatic heterocycles. The Balaban J connectivity index is 2.74. The summed E-state index contributed by atoms with van der Waals surface area (Å²) in [6.07, 6.45) is 3.35. The van der Waals surface area contributed by atoms with Gasteiger partial charge in [0.05, 0.1) is 0 Å². The van der Waals surface area contributed by atoms with Gasteiger partial charge in [0.25, 0.3) is 0 Å². The first-order valence-electron chi connectivity index (χ1n) is 3.41. The average Bonchev–Trinajstić information content (AvgIpc) is 1.59. The van der Waals surface area contributed by atoms with Gasteiger partial charge >= 0.3 is 0 Å². The molecule has 0 spiro atoms. The highest BCUT2D eigenvalue weighted by Gasteiger charge is 2.05. The summed E-state index contributed by atoms with van der Waals surface area (Å²) in [5, 5.41) is 0. The van der Waals surface area contributed by atoms with Crippen molar-refractivity contribution in [2.24, 2.45) is 10.9 Å². The Morgan fingerprint density at radius 1 is 1.56 bits per heavy atom. The quantitative estimate of drug-likeness (QED) is 0.469. The van der Waals surface area contributed by atoms with Crippen LogP contribution in [-0.4, -0.2) is 5.71 Å². The lowest BCUT2D eigenvalue weighted by atomic mass is 10.0. The van der Waals surface area contributed by atoms with Crippen LogP contribution < -0.4 is 0 Å². The van der Waals surface area contributed by atoms with Crippen LogP contribution in [0.4, 0.5) is 0 Å². The maximum Gasteiger partial charge on any atom is 0.0334 e. The van der Waals surface area contributed by atoms with E-state index in [1.807, 2.05) is 0 Å². The third kappa shape index (κ3) is 1.67. The molecule has 0 aromatic heterocycles. The summed E-state index contributed by atoms with van der Waals surface area (Å²) < 4.78 is 0. The summed E-state index contributed by atoms with van der Waals surface area (Å²) in [6.45, 7) is 6.37. The predicted octanol–water partition coefficient (Wildman–Crippen LogP) is 2.39. The smallest absolute Gasteiger partial charge is 0.0334 e. The molecule has 0 fully saturated rings. The van der Waals surface area contributed by atoms with Crippen LogP contribution in [0.2, 0.25) is 0 Å². The Kier molecular flexibility index (Phi) is 1.70. The summed E-state index contributed by atoms with van der Waals surface area (Å²) in [5.74, 6) is 0.697. The minimum Gasteiger partial charge on any atom is -0.263 e. The largest absolute Gasteiger partial charge is 0.263 e. The topological polar surface area (TPSA) is 12.4 Å². The number of aliphatic imine (C=N–C) groups is 1. The SMILES string of the molecule is CC1=CC(C)CC(C)=N1. The first-order valence-corrected chi connectivity index (χ1v) is 3.41. The number of allylic oxidation sites excluding steroid dienone is 2. The van der Waals surface area contributed by atoms with Gasteiger partial charge in [-0.2, -0.15) is 0 Å². The van der Waals surface area contributed by atoms with Crippen LogP contribution in [0, 0.1) is 5.92 Å². The Hall–Kier alpha value is -0.590. The van der Waals surface area contributed by atoms with Gasteiger partial charge in [-0.05, 0) is 26.2 Å². The van der Waals surface area contributed by atoms with E-state index < -0.39 is 0 Å². The van der Waals surface area contributed by atoms with E-state index in [-0.39, 0.29) is 0 Å². The molecule has 1 rings (SSSR count). The van der Waals surface area contributed by atoms with E-state index in [0.29, 0.717) is 5.92 Å². The van der Waals surface area contributed by atoms with Gasteiger partial charge in [0, 0.05) is 11.4 Å². The van der Waals surface area contributed by atoms with Crippen molar-refractivity contribution in [2.45, 2.75) is 27.2 Å². The fraction of sp³-hybridized carbons (Fsp3) is 0.625. The monoisotopic (exact) mass is 123 g/mol. The zero-order valence-electron chi connectivity index (χ0n) is 6.31. The van der Waals surface area contributed by atoms with E-state index in [1.54, 1.807) is 0 Å². The van der Waals surface area contributed by atoms with Crippen molar-refractivity contribution in [1.82, 2.24) is 0 Å². The Bertz CT molecular complexity index is 165. The zero-order chi connectivity index (χ0) is 6.85. The third-order valence-corrected chi connectivity index (χ3v) is 1.51. The van der Waals surface area contributed by atoms with Crippen molar-refractivity contribution in [3.8, 4) is 0 Å². The van der Waals surface area contributed by atoms with Crippen molar-refractivity contribution in [3.05, 3.63) is 11.8 Å². The van der Waals surface area contributed by atoms with Crippen LogP contribution in [0.5, 0.6) is 0 Å². The fourth-order valence-electron chi connectivity index (χ4n) is 1.32. The summed E-state index contributed by atoms with van der Waals surface area (Å²) in [7, 11) is 0. The first kappa shape index (κ1) is 6.53. The van der Waals surface area contributed by atoms with E-state index >= 15 is 0 Å². The summed E-state index contributed by atoms with van der Waals surface area (Å²) in [4.78, 5) is 4.31. The van der Waals surface area contributed by atoms with Gasteiger partial charge in [-0.1, -0.05) is 13.0 Å². The molecule has 0 aliphatic carbocycles. The molecule has 1 atom stereocenters. The molecule has 0 amide bonds. The number of rotatable bonds is 0. The summed E-state index contributed by atoms with van der Waals surface area (Å²) >= 11 is 0. The first-order chi connectivity index (χ1) is 4.18. The molecule has 0 radical (unpaired) electrons. The Morgan fingerprint density at radius 2 is 2.22 bits per heavy atom. The Labute approximate surface area is 56.5 Å². The fourth-order valence-corrected chi connectivity index (χ4v) is 1.32. The minimum absolute atomic E-state index is 0.697. The molecule has 1 nitrogen and oxygen atoms in total. The van der Waals surface area contributed by atoms with Crippen LogP contribution >= 0.6 is 0 Å². The molecule has 0 aromatic carbocycles. The number of nitrogens with zero attached hydrogens (tertiary/aromatic N) is 1. The van der Waals surface area contributed by atoms with Gasteiger partial charge in [-0.3, -0.25) is 4.99 Å². The lowest BCUT2D eigenvalue weighted by Gasteiger charge is -2.12. The maximum atomic E-state index is 4.31. The molecule has 1 heterocycles. The van der Waals surface area contributed by atoms with Gasteiger partial charge in [-0.15, -0.1) is 0 Å². The zero-order valence-corrected chi connectivity index (χ0v) is 6.31. The lowest BCUT2D eigenvalue weighted by Crippen LogP contribution is -2.04. The van der Waals surface area contributed by atoms with E-state index in [0.717, 1.165) is 6.42 Å². The predicted molar refractivity (Wildman–Crippen MR) is 40.6 cm³/mol. The van der Waals surface area contributed by atoms with E-state index in [1.165, 1.54) is 11.4 Å². The van der Waals surface area contributed by atoms with Gasteiger partial charge in [0.15, 0.2) is 0 Å². The minimum atomic E-state index is 0.697. The van der Waals surface area contributed by atoms with Crippen molar-refractivity contribution in [3.63, 3.8) is 0 Å². The van der Waals surface area contributed by atoms with Crippen LogP contribution in [-0.2, 0) is 0 Å². The van der Waals surface area contributed by atoms with Gasteiger partial charge < -0.3 is 0 Å². The van der Waals surface area contributed by atoms with Crippen molar-refractivity contribution in [2.75, 3.05) is 0 Å². The van der Waals surface area contributed by atoms with Crippen LogP contribution in [0.15, 0.2) is 16.8 Å². The van der Waals surface area contributed by atoms with Crippen LogP contribution in [0.3, 0.4) is 0 Å². The maximum absolute atomic E-state index is 4.31. The van der Waals surface area contributed by atoms with Crippen molar-refractivity contribution < 1.29 is 0 Å². The molecule has 1 unspecified atom stereocenters. The molecule has 0 saturated carbocycles. The second kappa shape index (κ2) is 2.34. The van der Waals surface area contributed by atoms with E-state index in [2.05, 4.69) is 31.8 Å². The molecule has 0 N–H and O–H groups in total. The molecule has 0 saturated heterocycles. The number of hydrogen-bond acceptors (Lipinski definition) is 1. The van der Waals surface area contributed by atoms with Gasteiger partial charge in [-0.25, -0.2) is 0 Å². The second-order valence-corrected chi connectivity index (χ2v) is 2.84. The highest BCUT2D eigenvalue weighted by Crippen LogP contribution is 2.15. The molecule has 9 heavy (non-hydrogen) atoms. The van der Waals surface area contributed by atoms with E-state index in [4.69, 9.17) is 0 Å². The second-order valence-electron chi connectivity index (χ2n) is 2.84. The van der Waals surface area contributed by atoms with Crippen molar-refractivity contribution in [1.29, 1.82) is 0 Å². The number of hydrogen-bond donors (Lipinski definition) is 0. The van der Waals surface area contributed by atoms with E-state index in [9.17, 15) is 0 Å². The normalized spacial score (nSPS) is 27.2. The molecule has 50 valence electrons. The van der Waals surface area contributed by atoms with Crippen LogP contribution in [0.25, 0.3) is 0 Å². The molecular weight excluding hydrogens is 110 g/mol. The highest BCUT2D eigenvalue weighted by atomic mass is 14.8. The highest BCUT2D eigenvalue weighted by molar-refractivity contribution is 5.84. The van der Waals surface area contributed by atoms with Gasteiger partial charge in [0.2, 0.25) is 0 Å². The summed E-state index contributed by atoms with van der Waals surface area (Å²) in [6, 6.07) is 0. The third-order valence-electron chi connectivity index (χ3n) is 1.51. The lowest BCUT2D eigenvalue weighted by molar-refractivity contribution is 0.742.